The van der Waals surface area contributed by atoms with Gasteiger partial charge in [0.25, 0.3) is 0 Å². The van der Waals surface area contributed by atoms with E-state index in [1.165, 1.54) is 48.5 Å². The molecule has 0 aliphatic carbocycles. The molecule has 1 atom stereocenters. The van der Waals surface area contributed by atoms with Gasteiger partial charge in [-0.25, -0.2) is 12.8 Å². The summed E-state index contributed by atoms with van der Waals surface area (Å²) in [6.45, 7) is 3.63. The van der Waals surface area contributed by atoms with Crippen LogP contribution < -0.4 is 19.7 Å². The lowest BCUT2D eigenvalue weighted by Gasteiger charge is -2.37. The van der Waals surface area contributed by atoms with Crippen LogP contribution in [0.25, 0.3) is 0 Å². The number of halogens is 4. The highest BCUT2D eigenvalue weighted by Crippen LogP contribution is 2.52. The first-order valence-electron chi connectivity index (χ1n) is 15.3. The van der Waals surface area contributed by atoms with Crippen LogP contribution in [0.2, 0.25) is 0 Å². The molecular formula is C36H32F4N2O6S. The maximum atomic E-state index is 16.4. The highest BCUT2D eigenvalue weighted by molar-refractivity contribution is 7.95. The molecule has 4 aromatic carbocycles. The third kappa shape index (κ3) is 7.21. The molecule has 0 spiro atoms. The first kappa shape index (κ1) is 33.8. The number of phenols is 1. The predicted molar refractivity (Wildman–Crippen MR) is 175 cm³/mol. The van der Waals surface area contributed by atoms with Crippen LogP contribution >= 0.6 is 0 Å². The van der Waals surface area contributed by atoms with Crippen LogP contribution in [-0.2, 0) is 27.7 Å². The molecular weight excluding hydrogens is 664 g/mol. The summed E-state index contributed by atoms with van der Waals surface area (Å²) in [6.07, 6.45) is -5.58. The van der Waals surface area contributed by atoms with Crippen LogP contribution in [0.5, 0.6) is 17.2 Å². The molecule has 1 unspecified atom stereocenters. The van der Waals surface area contributed by atoms with Crippen LogP contribution in [0.4, 0.5) is 28.9 Å². The zero-order chi connectivity index (χ0) is 35.1. The van der Waals surface area contributed by atoms with Crippen molar-refractivity contribution in [1.29, 1.82) is 0 Å². The number of rotatable bonds is 7. The maximum Gasteiger partial charge on any atom is 0.573 e. The second-order valence-corrected chi connectivity index (χ2v) is 14.7. The fourth-order valence-electron chi connectivity index (χ4n) is 6.34. The highest BCUT2D eigenvalue weighted by atomic mass is 32.2. The molecule has 1 amide bonds. The Hall–Kier alpha value is -5.04. The van der Waals surface area contributed by atoms with Gasteiger partial charge in [-0.3, -0.25) is 9.69 Å². The third-order valence-corrected chi connectivity index (χ3v) is 10.6. The van der Waals surface area contributed by atoms with Gasteiger partial charge in [0, 0.05) is 22.9 Å². The second-order valence-electron chi connectivity index (χ2n) is 12.7. The molecule has 6 rings (SSSR count). The van der Waals surface area contributed by atoms with Crippen molar-refractivity contribution in [3.8, 4) is 17.2 Å². The summed E-state index contributed by atoms with van der Waals surface area (Å²) >= 11 is 0. The zero-order valence-corrected chi connectivity index (χ0v) is 27.2. The Balaban J connectivity index is 1.52. The van der Waals surface area contributed by atoms with Gasteiger partial charge >= 0.3 is 6.36 Å². The van der Waals surface area contributed by atoms with E-state index in [0.29, 0.717) is 0 Å². The quantitative estimate of drug-likeness (QED) is 0.150. The minimum absolute atomic E-state index is 0.00423. The number of anilines is 2. The summed E-state index contributed by atoms with van der Waals surface area (Å²) < 4.78 is 94.5. The fraction of sp³-hybridized carbons (Fsp3) is 0.250. The minimum atomic E-state index is -5.05. The summed E-state index contributed by atoms with van der Waals surface area (Å²) in [7, 11) is -4.22. The van der Waals surface area contributed by atoms with Crippen molar-refractivity contribution in [1.82, 2.24) is 0 Å². The predicted octanol–water partition coefficient (Wildman–Crippen LogP) is 7.81. The Bertz CT molecular complexity index is 2050. The Labute approximate surface area is 280 Å². The number of nitrogens with one attached hydrogen (secondary N) is 1. The zero-order valence-electron chi connectivity index (χ0n) is 26.4. The molecule has 49 heavy (non-hydrogen) atoms. The first-order chi connectivity index (χ1) is 23.1. The lowest BCUT2D eigenvalue weighted by atomic mass is 9.88. The van der Waals surface area contributed by atoms with Crippen molar-refractivity contribution in [2.75, 3.05) is 16.0 Å². The number of nitrogens with zero attached hydrogens (tertiary/aromatic N) is 1. The van der Waals surface area contributed by atoms with Crippen molar-refractivity contribution in [3.63, 3.8) is 0 Å². The van der Waals surface area contributed by atoms with E-state index in [1.54, 1.807) is 13.8 Å². The van der Waals surface area contributed by atoms with E-state index < -0.39 is 51.6 Å². The van der Waals surface area contributed by atoms with Gasteiger partial charge in [-0.15, -0.1) is 13.2 Å². The van der Waals surface area contributed by atoms with E-state index in [2.05, 4.69) is 10.1 Å². The average Bonchev–Trinajstić information content (AvgIpc) is 3.15. The number of aromatic hydroxyl groups is 1. The summed E-state index contributed by atoms with van der Waals surface area (Å²) in [4.78, 5) is 15.2. The van der Waals surface area contributed by atoms with Crippen molar-refractivity contribution in [3.05, 3.63) is 124 Å². The minimum Gasteiger partial charge on any atom is -0.506 e. The second kappa shape index (κ2) is 12.8. The van der Waals surface area contributed by atoms with Gasteiger partial charge in [0.2, 0.25) is 5.91 Å². The molecule has 0 bridgehead atoms. The van der Waals surface area contributed by atoms with Gasteiger partial charge in [-0.1, -0.05) is 68.4 Å². The largest absolute Gasteiger partial charge is 0.573 e. The number of alkyl halides is 3. The summed E-state index contributed by atoms with van der Waals surface area (Å²) in [5.41, 5.74) is -0.152. The lowest BCUT2D eigenvalue weighted by Crippen LogP contribution is -2.42. The summed E-state index contributed by atoms with van der Waals surface area (Å²) in [5.74, 6) is -2.90. The molecule has 2 heterocycles. The molecule has 0 aromatic heterocycles. The molecule has 256 valence electrons. The van der Waals surface area contributed by atoms with E-state index in [9.17, 15) is 31.5 Å². The lowest BCUT2D eigenvalue weighted by molar-refractivity contribution is -0.274. The monoisotopic (exact) mass is 696 g/mol. The highest BCUT2D eigenvalue weighted by Gasteiger charge is 2.48. The Morgan fingerprint density at radius 1 is 1.00 bits per heavy atom. The number of carbonyl (C=O) groups is 1. The Morgan fingerprint density at radius 3 is 2.43 bits per heavy atom. The summed E-state index contributed by atoms with van der Waals surface area (Å²) in [6, 6.07) is 20.7. The first-order valence-corrected chi connectivity index (χ1v) is 16.9. The van der Waals surface area contributed by atoms with Gasteiger partial charge in [0.05, 0.1) is 22.8 Å². The number of para-hydroxylation sites is 2. The van der Waals surface area contributed by atoms with E-state index in [0.717, 1.165) is 22.6 Å². The van der Waals surface area contributed by atoms with Crippen LogP contribution in [0.1, 0.15) is 43.0 Å². The number of hydrogen-bond acceptors (Lipinski definition) is 7. The number of sulfone groups is 1. The van der Waals surface area contributed by atoms with E-state index >= 15 is 4.39 Å². The molecule has 2 N–H and O–H groups in total. The molecule has 0 radical (unpaired) electrons. The molecule has 8 nitrogen and oxygen atoms in total. The van der Waals surface area contributed by atoms with Gasteiger partial charge in [0.1, 0.15) is 41.4 Å². The molecule has 4 aromatic rings. The standard InChI is InChI=1S/C36H32F4N2O6S/c1-35(2)19-27-34(49(45,46)21-35)33(25-16-15-24(18-26(25)37)47-20-22-9-4-3-5-10-22)42(28-12-8-13-29(43)32(28)41-27)31(44)17-23-11-6-7-14-30(23)48-36(38,39)40/h3-16,18,33,41,43H,17,19-21H2,1-2H3. The average molecular weight is 697 g/mol. The van der Waals surface area contributed by atoms with Crippen molar-refractivity contribution < 1.29 is 45.4 Å². The van der Waals surface area contributed by atoms with E-state index in [-0.39, 0.29) is 63.4 Å². The van der Waals surface area contributed by atoms with Crippen molar-refractivity contribution >= 4 is 27.1 Å². The Kier molecular flexibility index (Phi) is 8.82. The van der Waals surface area contributed by atoms with Crippen LogP contribution in [0, 0.1) is 11.2 Å². The number of phenolic OH excluding ortho intramolecular Hbond substituents is 1. The van der Waals surface area contributed by atoms with Gasteiger partial charge in [-0.05, 0) is 47.7 Å². The number of ether oxygens (including phenoxy) is 2. The van der Waals surface area contributed by atoms with Crippen molar-refractivity contribution in [2.24, 2.45) is 5.41 Å². The molecule has 0 saturated carbocycles. The topological polar surface area (TPSA) is 105 Å². The maximum absolute atomic E-state index is 16.4. The number of amides is 1. The fourth-order valence-corrected chi connectivity index (χ4v) is 8.70. The SMILES string of the molecule is CC1(C)CC2=C(C(c3ccc(OCc4ccccc4)cc3F)N(C(=O)Cc3ccccc3OC(F)(F)F)c3cccc(O)c3N2)S(=O)(=O)C1. The molecule has 2 aliphatic heterocycles. The molecule has 0 fully saturated rings. The van der Waals surface area contributed by atoms with Gasteiger partial charge in [0.15, 0.2) is 9.84 Å². The number of hydrogen-bond donors (Lipinski definition) is 2. The number of allylic oxidation sites excluding steroid dienone is 1. The van der Waals surface area contributed by atoms with E-state index in [1.807, 2.05) is 30.3 Å². The van der Waals surface area contributed by atoms with Crippen molar-refractivity contribution in [2.45, 2.75) is 45.7 Å². The van der Waals surface area contributed by atoms with Crippen LogP contribution in [0.3, 0.4) is 0 Å². The third-order valence-electron chi connectivity index (χ3n) is 8.25. The van der Waals surface area contributed by atoms with Gasteiger partial charge < -0.3 is 19.9 Å². The molecule has 13 heteroatoms. The number of carbonyl (C=O) groups excluding carboxylic acids is 1. The van der Waals surface area contributed by atoms with E-state index in [4.69, 9.17) is 4.74 Å². The molecule has 2 aliphatic rings. The smallest absolute Gasteiger partial charge is 0.506 e. The Morgan fingerprint density at radius 2 is 1.71 bits per heavy atom. The summed E-state index contributed by atoms with van der Waals surface area (Å²) in [5, 5.41) is 14.0. The van der Waals surface area contributed by atoms with Gasteiger partial charge in [-0.2, -0.15) is 0 Å². The molecule has 0 saturated heterocycles. The normalized spacial score (nSPS) is 18.1. The number of benzene rings is 4. The van der Waals surface area contributed by atoms with Crippen LogP contribution in [0.15, 0.2) is 102 Å². The number of fused-ring (bicyclic) bond motifs is 1. The van der Waals surface area contributed by atoms with Crippen LogP contribution in [-0.4, -0.2) is 31.5 Å².